The van der Waals surface area contributed by atoms with E-state index >= 15 is 0 Å². The highest BCUT2D eigenvalue weighted by molar-refractivity contribution is 6.21. The lowest BCUT2D eigenvalue weighted by Crippen LogP contribution is -2.41. The van der Waals surface area contributed by atoms with Crippen LogP contribution in [0.3, 0.4) is 0 Å². The molecule has 2 aromatic rings. The maximum atomic E-state index is 13.0. The summed E-state index contributed by atoms with van der Waals surface area (Å²) in [6.45, 7) is 0.118. The number of hydrogen-bond acceptors (Lipinski definition) is 3. The van der Waals surface area contributed by atoms with E-state index in [1.54, 1.807) is 24.3 Å². The van der Waals surface area contributed by atoms with Gasteiger partial charge in [0.15, 0.2) is 0 Å². The van der Waals surface area contributed by atoms with E-state index in [0.29, 0.717) is 24.0 Å². The molecule has 1 aliphatic carbocycles. The summed E-state index contributed by atoms with van der Waals surface area (Å²) in [5.41, 5.74) is -0.0528. The van der Waals surface area contributed by atoms with Crippen molar-refractivity contribution in [1.82, 2.24) is 4.90 Å². The predicted molar refractivity (Wildman–Crippen MR) is 107 cm³/mol. The van der Waals surface area contributed by atoms with Gasteiger partial charge in [-0.15, -0.1) is 0 Å². The fraction of sp³-hybridized carbons (Fsp3) is 0.348. The zero-order valence-electron chi connectivity index (χ0n) is 16.6. The standard InChI is InChI=1S/C23H21F3N2O3/c24-23(25,26)15-7-5-8-16(12-15)27-20(29)17-9-2-1-6-14(17)13-28-21(30)18-10-3-4-11-19(18)22(28)31/h3-5,7-8,10-12,14,17H,1-2,6,9,13H2,(H,27,29). The summed E-state index contributed by atoms with van der Waals surface area (Å²) >= 11 is 0. The fourth-order valence-electron chi connectivity index (χ4n) is 4.42. The van der Waals surface area contributed by atoms with Crippen LogP contribution in [0.15, 0.2) is 48.5 Å². The summed E-state index contributed by atoms with van der Waals surface area (Å²) < 4.78 is 38.9. The second kappa shape index (κ2) is 8.17. The summed E-state index contributed by atoms with van der Waals surface area (Å²) in [4.78, 5) is 39.5. The Hall–Kier alpha value is -3.16. The van der Waals surface area contributed by atoms with Gasteiger partial charge >= 0.3 is 6.18 Å². The molecule has 2 aliphatic rings. The number of anilines is 1. The van der Waals surface area contributed by atoms with Crippen molar-refractivity contribution in [3.05, 3.63) is 65.2 Å². The maximum absolute atomic E-state index is 13.0. The molecule has 2 unspecified atom stereocenters. The van der Waals surface area contributed by atoms with Gasteiger partial charge in [0.25, 0.3) is 11.8 Å². The highest BCUT2D eigenvalue weighted by atomic mass is 19.4. The molecule has 2 atom stereocenters. The molecular formula is C23H21F3N2O3. The normalized spacial score (nSPS) is 21.2. The molecule has 31 heavy (non-hydrogen) atoms. The van der Waals surface area contributed by atoms with E-state index in [4.69, 9.17) is 0 Å². The molecule has 1 heterocycles. The van der Waals surface area contributed by atoms with Crippen molar-refractivity contribution < 1.29 is 27.6 Å². The van der Waals surface area contributed by atoms with Crippen LogP contribution in [0.5, 0.6) is 0 Å². The highest BCUT2D eigenvalue weighted by Crippen LogP contribution is 2.35. The third-order valence-corrected chi connectivity index (χ3v) is 6.00. The molecule has 8 heteroatoms. The van der Waals surface area contributed by atoms with Crippen LogP contribution in [0.4, 0.5) is 18.9 Å². The summed E-state index contributed by atoms with van der Waals surface area (Å²) in [5, 5.41) is 2.59. The van der Waals surface area contributed by atoms with Gasteiger partial charge in [-0.25, -0.2) is 0 Å². The number of rotatable bonds is 4. The second-order valence-corrected chi connectivity index (χ2v) is 7.99. The Balaban J connectivity index is 1.49. The number of hydrogen-bond donors (Lipinski definition) is 1. The van der Waals surface area contributed by atoms with Crippen LogP contribution in [0.2, 0.25) is 0 Å². The average molecular weight is 430 g/mol. The number of carbonyl (C=O) groups is 3. The van der Waals surface area contributed by atoms with E-state index in [-0.39, 0.29) is 35.9 Å². The topological polar surface area (TPSA) is 66.5 Å². The van der Waals surface area contributed by atoms with E-state index in [0.717, 1.165) is 25.0 Å². The van der Waals surface area contributed by atoms with E-state index in [9.17, 15) is 27.6 Å². The van der Waals surface area contributed by atoms with Crippen LogP contribution in [0.1, 0.15) is 52.0 Å². The number of alkyl halides is 3. The molecule has 5 nitrogen and oxygen atoms in total. The van der Waals surface area contributed by atoms with Crippen molar-refractivity contribution >= 4 is 23.4 Å². The molecule has 3 amide bonds. The van der Waals surface area contributed by atoms with Crippen molar-refractivity contribution in [3.63, 3.8) is 0 Å². The first kappa shape index (κ1) is 21.1. The van der Waals surface area contributed by atoms with Gasteiger partial charge in [-0.1, -0.05) is 31.0 Å². The summed E-state index contributed by atoms with van der Waals surface area (Å²) in [6, 6.07) is 11.1. The highest BCUT2D eigenvalue weighted by Gasteiger charge is 2.40. The number of amides is 3. The summed E-state index contributed by atoms with van der Waals surface area (Å²) in [5.74, 6) is -1.87. The molecule has 0 bridgehead atoms. The predicted octanol–water partition coefficient (Wildman–Crippen LogP) is 4.75. The molecular weight excluding hydrogens is 409 g/mol. The van der Waals surface area contributed by atoms with Gasteiger partial charge in [0, 0.05) is 18.2 Å². The molecule has 1 N–H and O–H groups in total. The zero-order chi connectivity index (χ0) is 22.2. The Labute approximate surface area is 177 Å². The average Bonchev–Trinajstić information content (AvgIpc) is 2.99. The first-order valence-electron chi connectivity index (χ1n) is 10.2. The van der Waals surface area contributed by atoms with E-state index in [1.165, 1.54) is 17.0 Å². The Kier molecular flexibility index (Phi) is 5.56. The Bertz CT molecular complexity index is 1000. The molecule has 0 radical (unpaired) electrons. The van der Waals surface area contributed by atoms with Gasteiger partial charge in [-0.3, -0.25) is 19.3 Å². The number of fused-ring (bicyclic) bond motifs is 1. The van der Waals surface area contributed by atoms with Crippen molar-refractivity contribution in [2.45, 2.75) is 31.9 Å². The van der Waals surface area contributed by atoms with Crippen LogP contribution < -0.4 is 5.32 Å². The van der Waals surface area contributed by atoms with E-state index < -0.39 is 17.7 Å². The maximum Gasteiger partial charge on any atom is 0.416 e. The molecule has 2 aromatic carbocycles. The fourth-order valence-corrected chi connectivity index (χ4v) is 4.42. The Morgan fingerprint density at radius 3 is 2.26 bits per heavy atom. The number of carbonyl (C=O) groups excluding carboxylic acids is 3. The van der Waals surface area contributed by atoms with E-state index in [2.05, 4.69) is 5.32 Å². The number of nitrogens with one attached hydrogen (secondary N) is 1. The number of benzene rings is 2. The van der Waals surface area contributed by atoms with Gasteiger partial charge < -0.3 is 5.32 Å². The monoisotopic (exact) mass is 430 g/mol. The van der Waals surface area contributed by atoms with Gasteiger partial charge in [-0.05, 0) is 49.1 Å². The van der Waals surface area contributed by atoms with Crippen LogP contribution in [-0.2, 0) is 11.0 Å². The minimum atomic E-state index is -4.50. The molecule has 162 valence electrons. The smallest absolute Gasteiger partial charge is 0.326 e. The minimum Gasteiger partial charge on any atom is -0.326 e. The lowest BCUT2D eigenvalue weighted by molar-refractivity contribution is -0.137. The van der Waals surface area contributed by atoms with Crippen LogP contribution in [-0.4, -0.2) is 29.2 Å². The third-order valence-electron chi connectivity index (χ3n) is 6.00. The van der Waals surface area contributed by atoms with Crippen molar-refractivity contribution in [3.8, 4) is 0 Å². The summed E-state index contributed by atoms with van der Waals surface area (Å²) in [7, 11) is 0. The number of imide groups is 1. The van der Waals surface area contributed by atoms with Crippen LogP contribution in [0, 0.1) is 11.8 Å². The van der Waals surface area contributed by atoms with E-state index in [1.807, 2.05) is 0 Å². The van der Waals surface area contributed by atoms with Gasteiger partial charge in [0.05, 0.1) is 16.7 Å². The Morgan fingerprint density at radius 2 is 1.61 bits per heavy atom. The zero-order valence-corrected chi connectivity index (χ0v) is 16.6. The van der Waals surface area contributed by atoms with Crippen LogP contribution >= 0.6 is 0 Å². The van der Waals surface area contributed by atoms with Gasteiger partial charge in [0.2, 0.25) is 5.91 Å². The van der Waals surface area contributed by atoms with Crippen molar-refractivity contribution in [1.29, 1.82) is 0 Å². The summed E-state index contributed by atoms with van der Waals surface area (Å²) in [6.07, 6.45) is -1.62. The Morgan fingerprint density at radius 1 is 0.968 bits per heavy atom. The number of halogens is 3. The van der Waals surface area contributed by atoms with Crippen LogP contribution in [0.25, 0.3) is 0 Å². The first-order chi connectivity index (χ1) is 14.8. The molecule has 0 saturated heterocycles. The largest absolute Gasteiger partial charge is 0.416 e. The SMILES string of the molecule is O=C(Nc1cccc(C(F)(F)F)c1)C1CCCCC1CN1C(=O)c2ccccc2C1=O. The molecule has 0 aromatic heterocycles. The third kappa shape index (κ3) is 4.19. The molecule has 4 rings (SSSR count). The second-order valence-electron chi connectivity index (χ2n) is 7.99. The molecule has 0 spiro atoms. The molecule has 1 fully saturated rings. The van der Waals surface area contributed by atoms with Crippen molar-refractivity contribution in [2.24, 2.45) is 11.8 Å². The first-order valence-corrected chi connectivity index (χ1v) is 10.2. The lowest BCUT2D eigenvalue weighted by atomic mass is 9.78. The molecule has 1 aliphatic heterocycles. The van der Waals surface area contributed by atoms with Gasteiger partial charge in [-0.2, -0.15) is 13.2 Å². The lowest BCUT2D eigenvalue weighted by Gasteiger charge is -2.32. The minimum absolute atomic E-state index is 0.0740. The molecule has 1 saturated carbocycles. The van der Waals surface area contributed by atoms with Crippen molar-refractivity contribution in [2.75, 3.05) is 11.9 Å². The number of nitrogens with zero attached hydrogens (tertiary/aromatic N) is 1. The van der Waals surface area contributed by atoms with Gasteiger partial charge in [0.1, 0.15) is 0 Å². The quantitative estimate of drug-likeness (QED) is 0.712.